The van der Waals surface area contributed by atoms with Gasteiger partial charge in [-0.3, -0.25) is 14.9 Å². The van der Waals surface area contributed by atoms with E-state index >= 15 is 0 Å². The normalized spacial score (nSPS) is 11.9. The van der Waals surface area contributed by atoms with Crippen LogP contribution in [0.5, 0.6) is 0 Å². The molecule has 0 aromatic heterocycles. The lowest BCUT2D eigenvalue weighted by atomic mass is 10.1. The first-order chi connectivity index (χ1) is 16.5. The summed E-state index contributed by atoms with van der Waals surface area (Å²) in [5.74, 6) is -1.04. The van der Waals surface area contributed by atoms with Gasteiger partial charge >= 0.3 is 6.18 Å². The molecule has 3 rings (SSSR count). The second kappa shape index (κ2) is 10.3. The summed E-state index contributed by atoms with van der Waals surface area (Å²) in [6, 6.07) is 16.4. The molecule has 0 aliphatic heterocycles. The quantitative estimate of drug-likeness (QED) is 0.282. The van der Waals surface area contributed by atoms with Crippen molar-refractivity contribution in [3.8, 4) is 0 Å². The third-order valence-electron chi connectivity index (χ3n) is 4.62. The van der Waals surface area contributed by atoms with Gasteiger partial charge in [-0.2, -0.15) is 18.3 Å². The zero-order chi connectivity index (χ0) is 25.6. The van der Waals surface area contributed by atoms with Crippen molar-refractivity contribution < 1.29 is 31.3 Å². The van der Waals surface area contributed by atoms with Crippen LogP contribution in [0.25, 0.3) is 0 Å². The summed E-state index contributed by atoms with van der Waals surface area (Å²) in [7, 11) is -4.44. The number of halogens is 3. The molecule has 0 bridgehead atoms. The van der Waals surface area contributed by atoms with Gasteiger partial charge in [0.25, 0.3) is 21.6 Å². The molecule has 13 heteroatoms. The number of benzene rings is 3. The highest BCUT2D eigenvalue weighted by atomic mass is 32.2. The Morgan fingerprint density at radius 1 is 1.00 bits per heavy atom. The van der Waals surface area contributed by atoms with Gasteiger partial charge in [0.05, 0.1) is 21.6 Å². The Hall–Kier alpha value is -4.26. The second-order valence-corrected chi connectivity index (χ2v) is 8.81. The molecular weight excluding hydrogens is 489 g/mol. The first kappa shape index (κ1) is 25.4. The van der Waals surface area contributed by atoms with Crippen LogP contribution in [0.3, 0.4) is 0 Å². The van der Waals surface area contributed by atoms with Crippen molar-refractivity contribution in [3.05, 3.63) is 100 Å². The van der Waals surface area contributed by atoms with Crippen LogP contribution in [0.2, 0.25) is 0 Å². The minimum atomic E-state index is -4.65. The lowest BCUT2D eigenvalue weighted by Crippen LogP contribution is -2.39. The molecule has 182 valence electrons. The van der Waals surface area contributed by atoms with Crippen molar-refractivity contribution in [2.24, 2.45) is 5.10 Å². The number of sulfonamides is 1. The van der Waals surface area contributed by atoms with E-state index in [1.165, 1.54) is 48.5 Å². The molecule has 0 saturated carbocycles. The summed E-state index contributed by atoms with van der Waals surface area (Å²) in [5.41, 5.74) is -0.277. The topological polar surface area (TPSA) is 122 Å². The molecule has 0 aliphatic carbocycles. The van der Waals surface area contributed by atoms with Crippen molar-refractivity contribution in [2.45, 2.75) is 11.1 Å². The van der Waals surface area contributed by atoms with Gasteiger partial charge in [-0.1, -0.05) is 48.5 Å². The van der Waals surface area contributed by atoms with E-state index in [1.807, 2.05) is 5.43 Å². The molecule has 0 fully saturated rings. The van der Waals surface area contributed by atoms with Crippen molar-refractivity contribution >= 4 is 33.5 Å². The van der Waals surface area contributed by atoms with Crippen LogP contribution in [0, 0.1) is 10.1 Å². The molecule has 3 aromatic carbocycles. The number of carbonyl (C=O) groups is 1. The molecule has 0 heterocycles. The Kier molecular flexibility index (Phi) is 7.49. The number of anilines is 1. The van der Waals surface area contributed by atoms with Gasteiger partial charge < -0.3 is 0 Å². The fourth-order valence-electron chi connectivity index (χ4n) is 3.06. The molecule has 0 unspecified atom stereocenters. The first-order valence-electron chi connectivity index (χ1n) is 9.81. The molecule has 35 heavy (non-hydrogen) atoms. The summed E-state index contributed by atoms with van der Waals surface area (Å²) >= 11 is 0. The maximum Gasteiger partial charge on any atom is 0.417 e. The van der Waals surface area contributed by atoms with E-state index in [2.05, 4.69) is 5.10 Å². The number of hydrazone groups is 1. The van der Waals surface area contributed by atoms with Crippen LogP contribution in [-0.2, 0) is 21.0 Å². The van der Waals surface area contributed by atoms with E-state index in [0.29, 0.717) is 4.31 Å². The van der Waals surface area contributed by atoms with Crippen molar-refractivity contribution in [1.82, 2.24) is 5.43 Å². The summed E-state index contributed by atoms with van der Waals surface area (Å²) in [5, 5.41) is 15.0. The number of carbonyl (C=O) groups excluding carboxylic acids is 1. The zero-order valence-corrected chi connectivity index (χ0v) is 18.5. The monoisotopic (exact) mass is 506 g/mol. The lowest BCUT2D eigenvalue weighted by Gasteiger charge is -2.23. The van der Waals surface area contributed by atoms with E-state index < -0.39 is 44.8 Å². The highest BCUT2D eigenvalue weighted by molar-refractivity contribution is 7.92. The number of nitro groups is 1. The molecular formula is C22H17F3N4O5S. The van der Waals surface area contributed by atoms with E-state index in [9.17, 15) is 36.5 Å². The summed E-state index contributed by atoms with van der Waals surface area (Å²) in [4.78, 5) is 23.0. The number of hydrogen-bond acceptors (Lipinski definition) is 6. The number of rotatable bonds is 8. The molecule has 0 spiro atoms. The highest BCUT2D eigenvalue weighted by Gasteiger charge is 2.33. The van der Waals surface area contributed by atoms with E-state index in [4.69, 9.17) is 0 Å². The van der Waals surface area contributed by atoms with Gasteiger partial charge in [0.2, 0.25) is 0 Å². The number of hydrogen-bond donors (Lipinski definition) is 1. The molecule has 0 aliphatic rings. The van der Waals surface area contributed by atoms with Crippen LogP contribution in [-0.4, -0.2) is 32.0 Å². The predicted octanol–water partition coefficient (Wildman–Crippen LogP) is 3.96. The minimum Gasteiger partial charge on any atom is -0.271 e. The molecule has 0 radical (unpaired) electrons. The Labute approximate surface area is 197 Å². The molecule has 0 atom stereocenters. The summed E-state index contributed by atoms with van der Waals surface area (Å²) < 4.78 is 66.4. The van der Waals surface area contributed by atoms with Crippen LogP contribution in [0.1, 0.15) is 11.1 Å². The third-order valence-corrected chi connectivity index (χ3v) is 6.40. The van der Waals surface area contributed by atoms with E-state index in [0.717, 1.165) is 30.5 Å². The minimum absolute atomic E-state index is 0.228. The second-order valence-electron chi connectivity index (χ2n) is 6.95. The van der Waals surface area contributed by atoms with Crippen LogP contribution >= 0.6 is 0 Å². The van der Waals surface area contributed by atoms with Crippen molar-refractivity contribution in [3.63, 3.8) is 0 Å². The molecule has 9 nitrogen and oxygen atoms in total. The van der Waals surface area contributed by atoms with Crippen LogP contribution < -0.4 is 9.73 Å². The third kappa shape index (κ3) is 6.00. The standard InChI is InChI=1S/C22H17F3N4O5S/c23-22(24,25)18-11-5-4-8-16(18)14-26-27-21(30)15-28(19-12-6-7-13-20(19)29(31)32)35(33,34)17-9-2-1-3-10-17/h1-14H,15H2,(H,27,30). The Morgan fingerprint density at radius 3 is 2.26 bits per heavy atom. The van der Waals surface area contributed by atoms with Crippen molar-refractivity contribution in [2.75, 3.05) is 10.8 Å². The number of alkyl halides is 3. The highest BCUT2D eigenvalue weighted by Crippen LogP contribution is 2.32. The number of nitro benzene ring substituents is 1. The lowest BCUT2D eigenvalue weighted by molar-refractivity contribution is -0.384. The smallest absolute Gasteiger partial charge is 0.271 e. The SMILES string of the molecule is O=C(CN(c1ccccc1[N+](=O)[O-])S(=O)(=O)c1ccccc1)NN=Cc1ccccc1C(F)(F)F. The van der Waals surface area contributed by atoms with Gasteiger partial charge in [0.1, 0.15) is 12.2 Å². The van der Waals surface area contributed by atoms with Gasteiger partial charge in [-0.25, -0.2) is 18.1 Å². The molecule has 0 saturated heterocycles. The average Bonchev–Trinajstić information content (AvgIpc) is 2.82. The van der Waals surface area contributed by atoms with Crippen LogP contribution in [0.15, 0.2) is 88.9 Å². The van der Waals surface area contributed by atoms with E-state index in [1.54, 1.807) is 6.07 Å². The first-order valence-corrected chi connectivity index (χ1v) is 11.2. The largest absolute Gasteiger partial charge is 0.417 e. The molecule has 1 amide bonds. The zero-order valence-electron chi connectivity index (χ0n) is 17.7. The maximum atomic E-state index is 13.3. The fourth-order valence-corrected chi connectivity index (χ4v) is 4.51. The van der Waals surface area contributed by atoms with E-state index in [-0.39, 0.29) is 16.1 Å². The summed E-state index contributed by atoms with van der Waals surface area (Å²) in [6.45, 7) is -0.930. The number of nitrogens with zero attached hydrogens (tertiary/aromatic N) is 3. The summed E-state index contributed by atoms with van der Waals surface area (Å²) in [6.07, 6.45) is -3.89. The number of amides is 1. The number of nitrogens with one attached hydrogen (secondary N) is 1. The Balaban J connectivity index is 1.92. The van der Waals surface area contributed by atoms with Crippen LogP contribution in [0.4, 0.5) is 24.5 Å². The molecule has 3 aromatic rings. The van der Waals surface area contributed by atoms with Gasteiger partial charge in [0, 0.05) is 11.6 Å². The maximum absolute atomic E-state index is 13.3. The predicted molar refractivity (Wildman–Crippen MR) is 121 cm³/mol. The van der Waals surface area contributed by atoms with Gasteiger partial charge in [-0.15, -0.1) is 0 Å². The van der Waals surface area contributed by atoms with Gasteiger partial charge in [-0.05, 0) is 24.3 Å². The van der Waals surface area contributed by atoms with Gasteiger partial charge in [0.15, 0.2) is 0 Å². The van der Waals surface area contributed by atoms with Crippen molar-refractivity contribution in [1.29, 1.82) is 0 Å². The number of para-hydroxylation sites is 2. The Bertz CT molecular complexity index is 1360. The molecule has 1 N–H and O–H groups in total. The Morgan fingerprint density at radius 2 is 1.60 bits per heavy atom. The average molecular weight is 506 g/mol. The fraction of sp³-hybridized carbons (Fsp3) is 0.0909.